The monoisotopic (exact) mass is 423 g/mol. The minimum Gasteiger partial charge on any atom is -0.387 e. The molecule has 2 aromatic rings. The number of nitrogen functional groups attached to an aromatic ring is 1. The van der Waals surface area contributed by atoms with Crippen molar-refractivity contribution < 1.29 is 19.7 Å². The fourth-order valence-electron chi connectivity index (χ4n) is 3.26. The number of hydrogen-bond acceptors (Lipinski definition) is 11. The molecule has 3 heterocycles. The van der Waals surface area contributed by atoms with Crippen LogP contribution in [0, 0.1) is 4.91 Å². The molecule has 1 aliphatic rings. The molecule has 0 unspecified atom stereocenters. The lowest BCUT2D eigenvalue weighted by molar-refractivity contribution is -0.0422. The van der Waals surface area contributed by atoms with Crippen LogP contribution in [0.3, 0.4) is 0 Å². The third-order valence-corrected chi connectivity index (χ3v) is 4.90. The highest BCUT2D eigenvalue weighted by atomic mass is 16.6. The average Bonchev–Trinajstić information content (AvgIpc) is 3.28. The Hall–Kier alpha value is -2.94. The molecule has 30 heavy (non-hydrogen) atoms. The van der Waals surface area contributed by atoms with Crippen molar-refractivity contribution in [2.75, 3.05) is 39.5 Å². The van der Waals surface area contributed by atoms with E-state index < -0.39 is 30.6 Å². The number of nitrogens with zero attached hydrogens (tertiary/aromatic N) is 7. The molecule has 0 radical (unpaired) electrons. The van der Waals surface area contributed by atoms with Crippen LogP contribution >= 0.6 is 0 Å². The van der Waals surface area contributed by atoms with Crippen molar-refractivity contribution in [2.24, 2.45) is 5.29 Å². The number of amides is 2. The van der Waals surface area contributed by atoms with E-state index in [4.69, 9.17) is 10.5 Å². The van der Waals surface area contributed by atoms with Gasteiger partial charge in [0.15, 0.2) is 17.7 Å². The maximum absolute atomic E-state index is 11.4. The number of anilines is 1. The highest BCUT2D eigenvalue weighted by molar-refractivity contribution is 5.81. The van der Waals surface area contributed by atoms with Crippen LogP contribution < -0.4 is 11.1 Å². The number of likely N-dealkylation sites (N-methyl/N-ethyl adjacent to an activating group) is 1. The molecule has 14 nitrogen and oxygen atoms in total. The number of fused-ring (bicyclic) bond motifs is 1. The van der Waals surface area contributed by atoms with Gasteiger partial charge in [0.25, 0.3) is 0 Å². The molecule has 2 aromatic heterocycles. The van der Waals surface area contributed by atoms with E-state index in [0.29, 0.717) is 42.2 Å². The zero-order valence-corrected chi connectivity index (χ0v) is 16.6. The summed E-state index contributed by atoms with van der Waals surface area (Å²) in [7, 11) is 3.09. The van der Waals surface area contributed by atoms with Gasteiger partial charge < -0.3 is 30.9 Å². The Morgan fingerprint density at radius 2 is 2.10 bits per heavy atom. The van der Waals surface area contributed by atoms with E-state index in [2.05, 4.69) is 25.6 Å². The normalized spacial score (nSPS) is 23.8. The Morgan fingerprint density at radius 3 is 2.83 bits per heavy atom. The zero-order valence-electron chi connectivity index (χ0n) is 16.6. The lowest BCUT2D eigenvalue weighted by Gasteiger charge is -2.22. The molecule has 3 rings (SSSR count). The maximum Gasteiger partial charge on any atom is 0.340 e. The first kappa shape index (κ1) is 21.8. The summed E-state index contributed by atoms with van der Waals surface area (Å²) in [5.74, 6) is 0.213. The molecule has 2 amide bonds. The number of rotatable bonds is 8. The van der Waals surface area contributed by atoms with Crippen molar-refractivity contribution in [3.05, 3.63) is 17.6 Å². The molecule has 0 bridgehead atoms. The number of ether oxygens (including phenoxy) is 1. The first-order chi connectivity index (χ1) is 14.3. The fraction of sp³-hybridized carbons (Fsp3) is 0.625. The summed E-state index contributed by atoms with van der Waals surface area (Å²) in [6.07, 6.45) is -0.470. The van der Waals surface area contributed by atoms with E-state index in [9.17, 15) is 19.9 Å². The van der Waals surface area contributed by atoms with Gasteiger partial charge in [0.2, 0.25) is 0 Å². The minimum absolute atomic E-state index is 0.213. The van der Waals surface area contributed by atoms with E-state index in [1.807, 2.05) is 11.9 Å². The zero-order chi connectivity index (χ0) is 21.8. The van der Waals surface area contributed by atoms with E-state index in [1.54, 1.807) is 0 Å². The number of carbonyl (C=O) groups excluding carboxylic acids is 1. The first-order valence-corrected chi connectivity index (χ1v) is 9.31. The molecular formula is C16H25N9O5. The summed E-state index contributed by atoms with van der Waals surface area (Å²) in [5.41, 5.74) is 6.58. The minimum atomic E-state index is -1.18. The number of nitrogens with one attached hydrogen (secondary N) is 1. The van der Waals surface area contributed by atoms with Crippen molar-refractivity contribution in [1.29, 1.82) is 0 Å². The Morgan fingerprint density at radius 1 is 1.33 bits per heavy atom. The van der Waals surface area contributed by atoms with Crippen LogP contribution in [0.4, 0.5) is 10.6 Å². The Bertz CT molecular complexity index is 893. The van der Waals surface area contributed by atoms with Crippen molar-refractivity contribution in [2.45, 2.75) is 31.0 Å². The third kappa shape index (κ3) is 4.46. The molecule has 1 fully saturated rings. The molecule has 0 spiro atoms. The molecule has 4 atom stereocenters. The molecule has 1 saturated heterocycles. The van der Waals surface area contributed by atoms with Crippen LogP contribution in [0.2, 0.25) is 0 Å². The molecule has 5 N–H and O–H groups in total. The number of hydrogen-bond donors (Lipinski definition) is 4. The molecule has 0 saturated carbocycles. The summed E-state index contributed by atoms with van der Waals surface area (Å²) in [6, 6.07) is -0.579. The highest BCUT2D eigenvalue weighted by Crippen LogP contribution is 2.32. The molecule has 0 aliphatic carbocycles. The summed E-state index contributed by atoms with van der Waals surface area (Å²) in [5, 5.41) is 26.7. The number of nitroso groups, excluding NO2 is 1. The molecule has 14 heteroatoms. The Labute approximate surface area is 171 Å². The molecular weight excluding hydrogens is 398 g/mol. The predicted molar refractivity (Wildman–Crippen MR) is 105 cm³/mol. The average molecular weight is 423 g/mol. The quantitative estimate of drug-likeness (QED) is 0.225. The summed E-state index contributed by atoms with van der Waals surface area (Å²) in [6.45, 7) is 1.29. The second-order valence-electron chi connectivity index (χ2n) is 7.08. The Balaban J connectivity index is 1.54. The van der Waals surface area contributed by atoms with Gasteiger partial charge in [-0.1, -0.05) is 0 Å². The van der Waals surface area contributed by atoms with Gasteiger partial charge in [-0.15, -0.1) is 4.91 Å². The summed E-state index contributed by atoms with van der Waals surface area (Å²) in [4.78, 5) is 35.8. The van der Waals surface area contributed by atoms with Gasteiger partial charge in [-0.25, -0.2) is 19.7 Å². The van der Waals surface area contributed by atoms with Crippen LogP contribution in [-0.2, 0) is 4.74 Å². The van der Waals surface area contributed by atoms with Gasteiger partial charge in [-0.05, 0) is 20.0 Å². The number of aliphatic hydroxyl groups excluding tert-OH is 2. The number of aromatic nitrogens is 4. The van der Waals surface area contributed by atoms with Gasteiger partial charge >= 0.3 is 6.03 Å². The lowest BCUT2D eigenvalue weighted by Crippen LogP contribution is -2.40. The van der Waals surface area contributed by atoms with Crippen molar-refractivity contribution >= 4 is 23.0 Å². The van der Waals surface area contributed by atoms with Crippen LogP contribution in [-0.4, -0.2) is 97.7 Å². The number of carbonyl (C=O) groups is 1. The van der Waals surface area contributed by atoms with Crippen LogP contribution in [0.25, 0.3) is 11.2 Å². The smallest absolute Gasteiger partial charge is 0.340 e. The highest BCUT2D eigenvalue weighted by Gasteiger charge is 2.44. The lowest BCUT2D eigenvalue weighted by atomic mass is 10.1. The van der Waals surface area contributed by atoms with Crippen LogP contribution in [0.15, 0.2) is 17.9 Å². The Kier molecular flexibility index (Phi) is 6.71. The van der Waals surface area contributed by atoms with Crippen molar-refractivity contribution in [3.8, 4) is 0 Å². The molecule has 1 aliphatic heterocycles. The topological polar surface area (TPSA) is 184 Å². The van der Waals surface area contributed by atoms with Crippen LogP contribution in [0.5, 0.6) is 0 Å². The molecule has 164 valence electrons. The summed E-state index contributed by atoms with van der Waals surface area (Å²) >= 11 is 0. The number of aliphatic hydroxyl groups is 2. The van der Waals surface area contributed by atoms with E-state index in [-0.39, 0.29) is 5.82 Å². The summed E-state index contributed by atoms with van der Waals surface area (Å²) < 4.78 is 7.42. The van der Waals surface area contributed by atoms with Gasteiger partial charge in [0.05, 0.1) is 11.6 Å². The standard InChI is InChI=1S/C16H25N9O5/c1-23(5-3-4-18-16(28)24(2)22-29)6-9-11(26)12(27)15(30-9)25-8-21-10-13(17)19-7-20-14(10)25/h7-9,11-12,15,26-27H,3-6H2,1-2H3,(H,18,28)(H2,17,19,20)/t9-,11-,12-,15-/m1/s1. The molecule has 0 aromatic carbocycles. The number of imidazole rings is 1. The maximum atomic E-state index is 11.4. The van der Waals surface area contributed by atoms with E-state index in [0.717, 1.165) is 0 Å². The van der Waals surface area contributed by atoms with Gasteiger partial charge in [0, 0.05) is 20.1 Å². The number of nitrogens with two attached hydrogens (primary N) is 1. The largest absolute Gasteiger partial charge is 0.387 e. The SMILES string of the molecule is CN(CCCNC(=O)N(C)N=O)C[C@H]1O[C@@H](n2cnc3c(N)ncnc32)[C@H](O)[C@@H]1O. The third-order valence-electron chi connectivity index (χ3n) is 4.90. The first-order valence-electron chi connectivity index (χ1n) is 9.31. The van der Waals surface area contributed by atoms with Crippen LogP contribution in [0.1, 0.15) is 12.6 Å². The van der Waals surface area contributed by atoms with E-state index >= 15 is 0 Å². The number of urea groups is 1. The van der Waals surface area contributed by atoms with E-state index in [1.165, 1.54) is 24.3 Å². The van der Waals surface area contributed by atoms with Gasteiger partial charge in [-0.2, -0.15) is 5.01 Å². The van der Waals surface area contributed by atoms with Crippen molar-refractivity contribution in [1.82, 2.24) is 34.7 Å². The second kappa shape index (κ2) is 9.25. The van der Waals surface area contributed by atoms with Crippen molar-refractivity contribution in [3.63, 3.8) is 0 Å². The fourth-order valence-corrected chi connectivity index (χ4v) is 3.26. The van der Waals surface area contributed by atoms with Gasteiger partial charge in [-0.3, -0.25) is 4.57 Å². The predicted octanol–water partition coefficient (Wildman–Crippen LogP) is -1.33. The van der Waals surface area contributed by atoms with Gasteiger partial charge in [0.1, 0.15) is 30.2 Å². The second-order valence-corrected chi connectivity index (χ2v) is 7.08.